The topological polar surface area (TPSA) is 95.9 Å². The molecule has 0 aromatic rings. The quantitative estimate of drug-likeness (QED) is 0.216. The van der Waals surface area contributed by atoms with E-state index in [1.54, 1.807) is 11.8 Å². The zero-order valence-corrected chi connectivity index (χ0v) is 28.8. The third kappa shape index (κ3) is 4.70. The maximum absolute atomic E-state index is 14.5. The number of methoxy groups -OCH3 is 1. The number of carbonyl (C=O) groups is 2. The van der Waals surface area contributed by atoms with Gasteiger partial charge in [-0.1, -0.05) is 39.8 Å². The number of carbonyl (C=O) groups excluding carboxylic acids is 2. The van der Waals surface area contributed by atoms with Crippen LogP contribution in [-0.4, -0.2) is 60.0 Å². The Kier molecular flexibility index (Phi) is 9.01. The SMILES string of the molecule is C=C(C)[C@@H]1CC[C@]2(C(=O)NC(CCSC)C(=O)OC)CC[C@]3(C)C(CCC4[C@@]5(C)CC[C@H](O)[C@@](C)(CO)C5CC[C@]43C)C12. The summed E-state index contributed by atoms with van der Waals surface area (Å²) >= 11 is 1.68. The second-order valence-corrected chi connectivity index (χ2v) is 17.4. The molecule has 0 radical (unpaired) electrons. The van der Waals surface area contributed by atoms with Gasteiger partial charge in [0, 0.05) is 5.41 Å². The third-order valence-corrected chi connectivity index (χ3v) is 15.7. The van der Waals surface area contributed by atoms with E-state index in [1.165, 1.54) is 12.7 Å². The summed E-state index contributed by atoms with van der Waals surface area (Å²) in [6.07, 6.45) is 12.0. The van der Waals surface area contributed by atoms with Gasteiger partial charge in [-0.25, -0.2) is 4.79 Å². The first-order valence-electron chi connectivity index (χ1n) is 17.0. The van der Waals surface area contributed by atoms with Crippen molar-refractivity contribution in [2.24, 2.45) is 56.7 Å². The third-order valence-electron chi connectivity index (χ3n) is 15.0. The first-order valence-corrected chi connectivity index (χ1v) is 18.4. The molecule has 3 N–H and O–H groups in total. The van der Waals surface area contributed by atoms with Crippen LogP contribution in [0.3, 0.4) is 0 Å². The van der Waals surface area contributed by atoms with Crippen LogP contribution in [-0.2, 0) is 14.3 Å². The molecule has 0 aromatic carbocycles. The predicted octanol–water partition coefficient (Wildman–Crippen LogP) is 6.39. The minimum absolute atomic E-state index is 0.0429. The molecule has 43 heavy (non-hydrogen) atoms. The van der Waals surface area contributed by atoms with E-state index >= 15 is 0 Å². The normalized spacial score (nSPS) is 47.7. The van der Waals surface area contributed by atoms with Crippen molar-refractivity contribution in [3.8, 4) is 0 Å². The molecule has 12 atom stereocenters. The summed E-state index contributed by atoms with van der Waals surface area (Å²) in [7, 11) is 1.41. The highest BCUT2D eigenvalue weighted by Crippen LogP contribution is 2.77. The zero-order valence-electron chi connectivity index (χ0n) is 28.0. The van der Waals surface area contributed by atoms with Crippen LogP contribution < -0.4 is 5.32 Å². The summed E-state index contributed by atoms with van der Waals surface area (Å²) in [6.45, 7) is 16.4. The van der Waals surface area contributed by atoms with Crippen LogP contribution in [0.25, 0.3) is 0 Å². The predicted molar refractivity (Wildman–Crippen MR) is 173 cm³/mol. The number of rotatable bonds is 8. The second kappa shape index (κ2) is 11.6. The van der Waals surface area contributed by atoms with E-state index < -0.39 is 23.0 Å². The number of amides is 1. The molecule has 244 valence electrons. The second-order valence-electron chi connectivity index (χ2n) is 16.4. The number of aliphatic hydroxyl groups is 2. The molecule has 5 saturated carbocycles. The van der Waals surface area contributed by atoms with Crippen LogP contribution in [0.1, 0.15) is 105 Å². The number of fused-ring (bicyclic) bond motifs is 7. The van der Waals surface area contributed by atoms with Gasteiger partial charge in [0.05, 0.1) is 25.2 Å². The fourth-order valence-electron chi connectivity index (χ4n) is 12.5. The average molecular weight is 618 g/mol. The van der Waals surface area contributed by atoms with Gasteiger partial charge < -0.3 is 20.3 Å². The molecule has 5 aliphatic rings. The van der Waals surface area contributed by atoms with Gasteiger partial charge in [-0.15, -0.1) is 0 Å². The van der Waals surface area contributed by atoms with Gasteiger partial charge >= 0.3 is 5.97 Å². The van der Waals surface area contributed by atoms with Crippen LogP contribution in [0.2, 0.25) is 0 Å². The Bertz CT molecular complexity index is 1110. The number of aliphatic hydroxyl groups excluding tert-OH is 2. The summed E-state index contributed by atoms with van der Waals surface area (Å²) in [5.74, 6) is 2.29. The highest BCUT2D eigenvalue weighted by Gasteiger charge is 2.72. The lowest BCUT2D eigenvalue weighted by Crippen LogP contribution is -2.68. The van der Waals surface area contributed by atoms with Crippen molar-refractivity contribution in [1.82, 2.24) is 5.32 Å². The van der Waals surface area contributed by atoms with Crippen molar-refractivity contribution in [3.63, 3.8) is 0 Å². The minimum atomic E-state index is -0.608. The Hall–Kier alpha value is -1.05. The van der Waals surface area contributed by atoms with E-state index in [-0.39, 0.29) is 40.6 Å². The molecule has 6 nitrogen and oxygen atoms in total. The van der Waals surface area contributed by atoms with E-state index in [9.17, 15) is 19.8 Å². The molecular weight excluding hydrogens is 558 g/mol. The Morgan fingerprint density at radius 1 is 0.977 bits per heavy atom. The van der Waals surface area contributed by atoms with Crippen molar-refractivity contribution in [2.75, 3.05) is 25.7 Å². The fourth-order valence-corrected chi connectivity index (χ4v) is 13.0. The van der Waals surface area contributed by atoms with Crippen LogP contribution in [0, 0.1) is 56.7 Å². The first-order chi connectivity index (χ1) is 20.2. The van der Waals surface area contributed by atoms with Crippen LogP contribution in [0.5, 0.6) is 0 Å². The molecule has 5 rings (SSSR count). The standard InChI is InChI=1S/C36H59NO5S/c1-22(2)23-11-17-36(31(41)37-25(14-20-43-8)30(40)42-7)19-18-34(5)24(29(23)36)9-10-27-32(3)15-13-28(39)33(4,21-38)26(32)12-16-35(27,34)6/h23-29,38-39H,1,9-21H2,2-8H3,(H,37,41)/t23-,24?,25?,26?,27?,28-,29?,32-,33-,34+,35+,36-/m0/s1. The van der Waals surface area contributed by atoms with Crippen molar-refractivity contribution < 1.29 is 24.5 Å². The van der Waals surface area contributed by atoms with Crippen LogP contribution in [0.4, 0.5) is 0 Å². The molecule has 0 spiro atoms. The van der Waals surface area contributed by atoms with E-state index in [2.05, 4.69) is 46.5 Å². The van der Waals surface area contributed by atoms with Gasteiger partial charge in [-0.3, -0.25) is 4.79 Å². The van der Waals surface area contributed by atoms with Gasteiger partial charge in [-0.2, -0.15) is 11.8 Å². The highest BCUT2D eigenvalue weighted by atomic mass is 32.2. The van der Waals surface area contributed by atoms with E-state index in [1.807, 2.05) is 6.26 Å². The molecule has 0 aliphatic heterocycles. The Balaban J connectivity index is 1.50. The Morgan fingerprint density at radius 2 is 1.70 bits per heavy atom. The number of allylic oxidation sites excluding steroid dienone is 1. The van der Waals surface area contributed by atoms with Crippen molar-refractivity contribution in [2.45, 2.75) is 117 Å². The molecule has 5 fully saturated rings. The Labute approximate surface area is 264 Å². The number of nitrogens with one attached hydrogen (secondary N) is 1. The Morgan fingerprint density at radius 3 is 2.33 bits per heavy atom. The molecule has 0 saturated heterocycles. The lowest BCUT2D eigenvalue weighted by atomic mass is 9.32. The molecule has 0 aromatic heterocycles. The smallest absolute Gasteiger partial charge is 0.328 e. The van der Waals surface area contributed by atoms with E-state index in [0.29, 0.717) is 30.1 Å². The lowest BCUT2D eigenvalue weighted by Gasteiger charge is -2.73. The van der Waals surface area contributed by atoms with Gasteiger partial charge in [0.25, 0.3) is 0 Å². The van der Waals surface area contributed by atoms with Gasteiger partial charge in [-0.05, 0) is 135 Å². The van der Waals surface area contributed by atoms with Gasteiger partial charge in [0.2, 0.25) is 5.91 Å². The molecule has 5 aliphatic carbocycles. The summed E-state index contributed by atoms with van der Waals surface area (Å²) in [4.78, 5) is 27.2. The number of ether oxygens (including phenoxy) is 1. The maximum Gasteiger partial charge on any atom is 0.328 e. The molecule has 0 heterocycles. The van der Waals surface area contributed by atoms with E-state index in [0.717, 1.165) is 70.0 Å². The minimum Gasteiger partial charge on any atom is -0.467 e. The number of thioether (sulfide) groups is 1. The van der Waals surface area contributed by atoms with Crippen molar-refractivity contribution >= 4 is 23.6 Å². The number of esters is 1. The molecule has 7 heteroatoms. The average Bonchev–Trinajstić information content (AvgIpc) is 3.38. The van der Waals surface area contributed by atoms with Crippen molar-refractivity contribution in [1.29, 1.82) is 0 Å². The largest absolute Gasteiger partial charge is 0.467 e. The molecular formula is C36H59NO5S. The van der Waals surface area contributed by atoms with Crippen LogP contribution >= 0.6 is 11.8 Å². The first kappa shape index (κ1) is 33.3. The summed E-state index contributed by atoms with van der Waals surface area (Å²) in [6, 6.07) is -0.608. The number of hydrogen-bond donors (Lipinski definition) is 3. The summed E-state index contributed by atoms with van der Waals surface area (Å²) < 4.78 is 5.11. The molecule has 0 bridgehead atoms. The van der Waals surface area contributed by atoms with Crippen LogP contribution in [0.15, 0.2) is 12.2 Å². The van der Waals surface area contributed by atoms with Crippen molar-refractivity contribution in [3.05, 3.63) is 12.2 Å². The van der Waals surface area contributed by atoms with Gasteiger partial charge in [0.15, 0.2) is 0 Å². The van der Waals surface area contributed by atoms with E-state index in [4.69, 9.17) is 4.74 Å². The molecule has 1 amide bonds. The number of hydrogen-bond acceptors (Lipinski definition) is 6. The highest BCUT2D eigenvalue weighted by molar-refractivity contribution is 7.98. The maximum atomic E-state index is 14.5. The zero-order chi connectivity index (χ0) is 31.6. The fraction of sp³-hybridized carbons (Fsp3) is 0.889. The summed E-state index contributed by atoms with van der Waals surface area (Å²) in [5, 5.41) is 24.9. The lowest BCUT2D eigenvalue weighted by molar-refractivity contribution is -0.252. The summed E-state index contributed by atoms with van der Waals surface area (Å²) in [5.41, 5.74) is 0.556. The van der Waals surface area contributed by atoms with Gasteiger partial charge in [0.1, 0.15) is 6.04 Å². The molecule has 5 unspecified atom stereocenters. The monoisotopic (exact) mass is 617 g/mol.